The lowest BCUT2D eigenvalue weighted by molar-refractivity contribution is 0.434. The van der Waals surface area contributed by atoms with Crippen LogP contribution >= 0.6 is 0 Å². The average molecular weight is 619 g/mol. The van der Waals surface area contributed by atoms with Gasteiger partial charge in [0.2, 0.25) is 0 Å². The zero-order chi connectivity index (χ0) is 32.2. The number of rotatable bonds is 4. The highest BCUT2D eigenvalue weighted by atomic mass is 19.1. The topological polar surface area (TPSA) is 37.9 Å². The molecule has 1 aliphatic heterocycles. The van der Waals surface area contributed by atoms with Gasteiger partial charge in [-0.3, -0.25) is 0 Å². The minimum atomic E-state index is -0.618. The summed E-state index contributed by atoms with van der Waals surface area (Å²) in [7, 11) is 0. The summed E-state index contributed by atoms with van der Waals surface area (Å²) in [5, 5.41) is 11.7. The Morgan fingerprint density at radius 1 is 0.542 bits per heavy atom. The fourth-order valence-electron chi connectivity index (χ4n) is 7.53. The molecule has 2 heterocycles. The molecule has 0 N–H and O–H groups in total. The van der Waals surface area contributed by atoms with E-state index in [0.29, 0.717) is 5.56 Å². The average Bonchev–Trinajstić information content (AvgIpc) is 3.47. The molecule has 7 aromatic carbocycles. The molecule has 0 bridgehead atoms. The van der Waals surface area contributed by atoms with Crippen molar-refractivity contribution in [2.45, 2.75) is 5.41 Å². The molecular formula is C44H27FN2O. The van der Waals surface area contributed by atoms with Crippen molar-refractivity contribution in [2.75, 3.05) is 0 Å². The smallest absolute Gasteiger partial charge is 0.132 e. The molecule has 4 heteroatoms. The number of ether oxygens (including phenoxy) is 1. The van der Waals surface area contributed by atoms with Crippen LogP contribution in [0.3, 0.4) is 0 Å². The van der Waals surface area contributed by atoms with E-state index < -0.39 is 5.41 Å². The molecular weight excluding hydrogens is 591 g/mol. The SMILES string of the molecule is N#Cc1ccc2c(c1)c1cc(-c3ccc4c(c3)C(c3ccccc3)(c3ccccc3)c3ccccc3O4)ccc1n2-c1ccc(F)cc1. The molecule has 0 unspecified atom stereocenters. The zero-order valence-corrected chi connectivity index (χ0v) is 25.8. The third kappa shape index (κ3) is 4.11. The molecule has 0 saturated heterocycles. The minimum Gasteiger partial charge on any atom is -0.457 e. The first-order valence-corrected chi connectivity index (χ1v) is 15.9. The number of nitriles is 1. The second-order valence-electron chi connectivity index (χ2n) is 12.2. The summed E-state index contributed by atoms with van der Waals surface area (Å²) < 4.78 is 22.7. The van der Waals surface area contributed by atoms with E-state index >= 15 is 0 Å². The van der Waals surface area contributed by atoms with E-state index in [1.807, 2.05) is 30.3 Å². The number of benzene rings is 7. The van der Waals surface area contributed by atoms with Gasteiger partial charge in [0.25, 0.3) is 0 Å². The predicted octanol–water partition coefficient (Wildman–Crippen LogP) is 10.9. The number of hydrogen-bond donors (Lipinski definition) is 0. The van der Waals surface area contributed by atoms with Gasteiger partial charge in [-0.1, -0.05) is 91.0 Å². The molecule has 0 radical (unpaired) electrons. The van der Waals surface area contributed by atoms with E-state index in [-0.39, 0.29) is 5.82 Å². The summed E-state index contributed by atoms with van der Waals surface area (Å²) in [5.41, 5.74) is 9.33. The van der Waals surface area contributed by atoms with Gasteiger partial charge in [-0.2, -0.15) is 5.26 Å². The van der Waals surface area contributed by atoms with Crippen LogP contribution in [0.5, 0.6) is 11.5 Å². The van der Waals surface area contributed by atoms with Crippen LogP contribution in [0.2, 0.25) is 0 Å². The van der Waals surface area contributed by atoms with Crippen LogP contribution in [0.4, 0.5) is 4.39 Å². The lowest BCUT2D eigenvalue weighted by Gasteiger charge is -2.41. The second kappa shape index (κ2) is 10.8. The Balaban J connectivity index is 1.31. The summed E-state index contributed by atoms with van der Waals surface area (Å²) in [4.78, 5) is 0. The van der Waals surface area contributed by atoms with Crippen molar-refractivity contribution in [1.29, 1.82) is 5.26 Å². The van der Waals surface area contributed by atoms with E-state index in [1.165, 1.54) is 12.1 Å². The first-order valence-electron chi connectivity index (χ1n) is 15.9. The van der Waals surface area contributed by atoms with E-state index in [0.717, 1.165) is 72.4 Å². The lowest BCUT2D eigenvalue weighted by atomic mass is 9.63. The molecule has 0 spiro atoms. The Labute approximate surface area is 277 Å². The summed E-state index contributed by atoms with van der Waals surface area (Å²) >= 11 is 0. The van der Waals surface area contributed by atoms with Crippen molar-refractivity contribution >= 4 is 21.8 Å². The van der Waals surface area contributed by atoms with Gasteiger partial charge in [0.1, 0.15) is 17.3 Å². The summed E-state index contributed by atoms with van der Waals surface area (Å²) in [5.74, 6) is 1.38. The molecule has 0 fully saturated rings. The normalized spacial score (nSPS) is 13.0. The molecule has 1 aliphatic rings. The van der Waals surface area contributed by atoms with Crippen LogP contribution in [0, 0.1) is 17.1 Å². The van der Waals surface area contributed by atoms with Crippen LogP contribution in [0.1, 0.15) is 27.8 Å². The lowest BCUT2D eigenvalue weighted by Crippen LogP contribution is -2.34. The Morgan fingerprint density at radius 2 is 1.12 bits per heavy atom. The van der Waals surface area contributed by atoms with Crippen molar-refractivity contribution in [3.63, 3.8) is 0 Å². The summed E-state index contributed by atoms with van der Waals surface area (Å²) in [6.07, 6.45) is 0. The zero-order valence-electron chi connectivity index (χ0n) is 25.8. The second-order valence-corrected chi connectivity index (χ2v) is 12.2. The third-order valence-electron chi connectivity index (χ3n) is 9.62. The highest BCUT2D eigenvalue weighted by Crippen LogP contribution is 2.55. The van der Waals surface area contributed by atoms with Gasteiger partial charge in [-0.05, 0) is 95.1 Å². The van der Waals surface area contributed by atoms with Gasteiger partial charge < -0.3 is 9.30 Å². The van der Waals surface area contributed by atoms with Crippen LogP contribution in [-0.4, -0.2) is 4.57 Å². The summed E-state index contributed by atoms with van der Waals surface area (Å²) in [6.45, 7) is 0. The maximum Gasteiger partial charge on any atom is 0.132 e. The largest absolute Gasteiger partial charge is 0.457 e. The molecule has 48 heavy (non-hydrogen) atoms. The van der Waals surface area contributed by atoms with Gasteiger partial charge in [-0.25, -0.2) is 4.39 Å². The molecule has 9 rings (SSSR count). The molecule has 0 aliphatic carbocycles. The first kappa shape index (κ1) is 27.8. The molecule has 0 atom stereocenters. The fourth-order valence-corrected chi connectivity index (χ4v) is 7.53. The van der Waals surface area contributed by atoms with Crippen molar-refractivity contribution in [2.24, 2.45) is 0 Å². The van der Waals surface area contributed by atoms with Gasteiger partial charge in [-0.15, -0.1) is 0 Å². The van der Waals surface area contributed by atoms with Crippen LogP contribution in [0.15, 0.2) is 164 Å². The molecule has 226 valence electrons. The highest BCUT2D eigenvalue weighted by Gasteiger charge is 2.45. The monoisotopic (exact) mass is 618 g/mol. The van der Waals surface area contributed by atoms with E-state index in [2.05, 4.69) is 120 Å². The van der Waals surface area contributed by atoms with Gasteiger partial charge >= 0.3 is 0 Å². The van der Waals surface area contributed by atoms with Crippen LogP contribution in [0.25, 0.3) is 38.6 Å². The van der Waals surface area contributed by atoms with Crippen molar-refractivity contribution in [3.05, 3.63) is 197 Å². The minimum absolute atomic E-state index is 0.283. The van der Waals surface area contributed by atoms with Crippen molar-refractivity contribution in [3.8, 4) is 34.4 Å². The fraction of sp³-hybridized carbons (Fsp3) is 0.0227. The number of aromatic nitrogens is 1. The number of para-hydroxylation sites is 1. The molecule has 0 saturated carbocycles. The van der Waals surface area contributed by atoms with Crippen LogP contribution < -0.4 is 4.74 Å². The standard InChI is InChI=1S/C44H27FN2O/c45-34-18-20-35(21-19-34)47-40-22-15-29(28-46)25-36(40)37-26-30(16-23-41(37)47)31-17-24-43-39(27-31)44(32-9-3-1-4-10-32,33-11-5-2-6-12-33)38-13-7-8-14-42(38)48-43/h1-27H. The molecule has 8 aromatic rings. The maximum atomic E-state index is 13.9. The van der Waals surface area contributed by atoms with E-state index in [1.54, 1.807) is 12.1 Å². The maximum absolute atomic E-state index is 13.9. The van der Waals surface area contributed by atoms with Crippen molar-refractivity contribution in [1.82, 2.24) is 4.57 Å². The first-order chi connectivity index (χ1) is 23.6. The quantitative estimate of drug-likeness (QED) is 0.197. The van der Waals surface area contributed by atoms with E-state index in [9.17, 15) is 9.65 Å². The predicted molar refractivity (Wildman–Crippen MR) is 189 cm³/mol. The van der Waals surface area contributed by atoms with Gasteiger partial charge in [0, 0.05) is 27.6 Å². The molecule has 1 aromatic heterocycles. The number of hydrogen-bond acceptors (Lipinski definition) is 2. The van der Waals surface area contributed by atoms with Crippen LogP contribution in [-0.2, 0) is 5.41 Å². The van der Waals surface area contributed by atoms with E-state index in [4.69, 9.17) is 4.74 Å². The number of halogens is 1. The Hall–Kier alpha value is -6.44. The number of nitrogens with zero attached hydrogens (tertiary/aromatic N) is 2. The Kier molecular flexibility index (Phi) is 6.28. The van der Waals surface area contributed by atoms with Gasteiger partial charge in [0.15, 0.2) is 0 Å². The third-order valence-corrected chi connectivity index (χ3v) is 9.62. The summed E-state index contributed by atoms with van der Waals surface area (Å²) in [6, 6.07) is 57.1. The molecule has 3 nitrogen and oxygen atoms in total. The van der Waals surface area contributed by atoms with Gasteiger partial charge in [0.05, 0.1) is 28.1 Å². The Bertz CT molecular complexity index is 2510. The van der Waals surface area contributed by atoms with Crippen molar-refractivity contribution < 1.29 is 9.13 Å². The number of fused-ring (bicyclic) bond motifs is 5. The molecule has 0 amide bonds. The highest BCUT2D eigenvalue weighted by molar-refractivity contribution is 6.11. The Morgan fingerprint density at radius 3 is 1.83 bits per heavy atom.